The number of hydrogen-bond acceptors (Lipinski definition) is 3. The van der Waals surface area contributed by atoms with Crippen LogP contribution in [-0.2, 0) is 9.59 Å². The Hall–Kier alpha value is -1.10. The number of nitrogens with one attached hydrogen (secondary N) is 1. The average molecular weight is 188 g/mol. The van der Waals surface area contributed by atoms with Crippen molar-refractivity contribution in [1.29, 1.82) is 0 Å². The van der Waals surface area contributed by atoms with Crippen LogP contribution in [0, 0.1) is 0 Å². The Morgan fingerprint density at radius 2 is 1.92 bits per heavy atom. The van der Waals surface area contributed by atoms with Crippen molar-refractivity contribution in [2.75, 3.05) is 0 Å². The summed E-state index contributed by atoms with van der Waals surface area (Å²) >= 11 is 0. The van der Waals surface area contributed by atoms with Crippen molar-refractivity contribution in [3.63, 3.8) is 0 Å². The quantitative estimate of drug-likeness (QED) is 0.565. The monoisotopic (exact) mass is 188 g/mol. The van der Waals surface area contributed by atoms with Crippen molar-refractivity contribution in [2.24, 2.45) is 5.73 Å². The summed E-state index contributed by atoms with van der Waals surface area (Å²) < 4.78 is 0. The maximum absolute atomic E-state index is 10.6. The summed E-state index contributed by atoms with van der Waals surface area (Å²) in [5.41, 5.74) is 4.56. The van der Waals surface area contributed by atoms with Gasteiger partial charge in [-0.3, -0.25) is 14.9 Å². The molecule has 0 saturated heterocycles. The molecule has 0 aromatic rings. The predicted octanol–water partition coefficient (Wildman–Crippen LogP) is -0.297. The Kier molecular flexibility index (Phi) is 3.87. The number of amides is 1. The lowest BCUT2D eigenvalue weighted by atomic mass is 10.1. The van der Waals surface area contributed by atoms with E-state index in [0.29, 0.717) is 0 Å². The molecule has 1 amide bonds. The number of carbonyl (C=O) groups excluding carboxylic acids is 1. The molecule has 0 rings (SSSR count). The molecule has 0 saturated carbocycles. The third kappa shape index (κ3) is 6.10. The second-order valence-corrected chi connectivity index (χ2v) is 3.96. The molecule has 5 heteroatoms. The maximum Gasteiger partial charge on any atom is 0.321 e. The van der Waals surface area contributed by atoms with E-state index in [1.165, 1.54) is 0 Å². The van der Waals surface area contributed by atoms with Crippen molar-refractivity contribution in [3.8, 4) is 0 Å². The van der Waals surface area contributed by atoms with Gasteiger partial charge in [-0.1, -0.05) is 0 Å². The lowest BCUT2D eigenvalue weighted by molar-refractivity contribution is -0.141. The molecule has 0 heterocycles. The first-order chi connectivity index (χ1) is 5.72. The normalized spacial score (nSPS) is 13.8. The fourth-order valence-electron chi connectivity index (χ4n) is 0.924. The van der Waals surface area contributed by atoms with Crippen molar-refractivity contribution in [2.45, 2.75) is 38.8 Å². The van der Waals surface area contributed by atoms with Gasteiger partial charge in [0.2, 0.25) is 5.91 Å². The number of rotatable bonds is 4. The van der Waals surface area contributed by atoms with E-state index in [-0.39, 0.29) is 12.0 Å². The first-order valence-corrected chi connectivity index (χ1v) is 4.01. The van der Waals surface area contributed by atoms with Gasteiger partial charge >= 0.3 is 5.97 Å². The van der Waals surface area contributed by atoms with Gasteiger partial charge in [-0.2, -0.15) is 0 Å². The summed E-state index contributed by atoms with van der Waals surface area (Å²) in [7, 11) is 0. The molecular weight excluding hydrogens is 172 g/mol. The molecule has 4 N–H and O–H groups in total. The number of carboxylic acid groups (broad SMARTS) is 1. The van der Waals surface area contributed by atoms with E-state index >= 15 is 0 Å². The molecule has 0 bridgehead atoms. The molecule has 0 radical (unpaired) electrons. The van der Waals surface area contributed by atoms with Crippen LogP contribution in [0.15, 0.2) is 0 Å². The van der Waals surface area contributed by atoms with E-state index in [0.717, 1.165) is 0 Å². The van der Waals surface area contributed by atoms with Crippen molar-refractivity contribution < 1.29 is 14.7 Å². The SMILES string of the molecule is CC(C)(C)NC(CC(N)=O)C(=O)O. The summed E-state index contributed by atoms with van der Waals surface area (Å²) in [6.45, 7) is 5.47. The smallest absolute Gasteiger partial charge is 0.321 e. The fourth-order valence-corrected chi connectivity index (χ4v) is 0.924. The van der Waals surface area contributed by atoms with Crippen LogP contribution in [0.3, 0.4) is 0 Å². The highest BCUT2D eigenvalue weighted by molar-refractivity contribution is 5.83. The van der Waals surface area contributed by atoms with Crippen LogP contribution in [0.1, 0.15) is 27.2 Å². The van der Waals surface area contributed by atoms with E-state index in [1.54, 1.807) is 0 Å². The zero-order valence-electron chi connectivity index (χ0n) is 8.13. The summed E-state index contributed by atoms with van der Waals surface area (Å²) in [5.74, 6) is -1.68. The van der Waals surface area contributed by atoms with Crippen molar-refractivity contribution >= 4 is 11.9 Å². The van der Waals surface area contributed by atoms with Crippen LogP contribution in [0.2, 0.25) is 0 Å². The highest BCUT2D eigenvalue weighted by Gasteiger charge is 2.24. The molecule has 0 aromatic carbocycles. The predicted molar refractivity (Wildman–Crippen MR) is 48.1 cm³/mol. The summed E-state index contributed by atoms with van der Waals surface area (Å²) in [6, 6.07) is -0.905. The zero-order chi connectivity index (χ0) is 10.6. The zero-order valence-corrected chi connectivity index (χ0v) is 8.13. The average Bonchev–Trinajstić information content (AvgIpc) is 1.81. The van der Waals surface area contributed by atoms with Gasteiger partial charge in [0.05, 0.1) is 6.42 Å². The van der Waals surface area contributed by atoms with E-state index in [4.69, 9.17) is 10.8 Å². The maximum atomic E-state index is 10.6. The third-order valence-corrected chi connectivity index (χ3v) is 1.31. The van der Waals surface area contributed by atoms with Gasteiger partial charge in [0.1, 0.15) is 6.04 Å². The molecule has 13 heavy (non-hydrogen) atoms. The molecular formula is C8H16N2O3. The van der Waals surface area contributed by atoms with Crippen molar-refractivity contribution in [1.82, 2.24) is 5.32 Å². The Morgan fingerprint density at radius 1 is 1.46 bits per heavy atom. The van der Waals surface area contributed by atoms with E-state index in [1.807, 2.05) is 20.8 Å². The van der Waals surface area contributed by atoms with Crippen LogP contribution in [0.4, 0.5) is 0 Å². The van der Waals surface area contributed by atoms with Crippen LogP contribution >= 0.6 is 0 Å². The Bertz CT molecular complexity index is 208. The van der Waals surface area contributed by atoms with Gasteiger partial charge in [-0.15, -0.1) is 0 Å². The number of carboxylic acids is 1. The molecule has 1 atom stereocenters. The molecule has 0 aliphatic carbocycles. The Balaban J connectivity index is 4.27. The van der Waals surface area contributed by atoms with Gasteiger partial charge in [-0.05, 0) is 20.8 Å². The number of primary amides is 1. The first-order valence-electron chi connectivity index (χ1n) is 4.01. The third-order valence-electron chi connectivity index (χ3n) is 1.31. The summed E-state index contributed by atoms with van der Waals surface area (Å²) in [4.78, 5) is 21.2. The van der Waals surface area contributed by atoms with Crippen LogP contribution in [-0.4, -0.2) is 28.6 Å². The van der Waals surface area contributed by atoms with E-state index in [9.17, 15) is 9.59 Å². The van der Waals surface area contributed by atoms with Gasteiger partial charge in [-0.25, -0.2) is 0 Å². The van der Waals surface area contributed by atoms with Gasteiger partial charge in [0, 0.05) is 5.54 Å². The molecule has 0 spiro atoms. The van der Waals surface area contributed by atoms with Crippen LogP contribution in [0.5, 0.6) is 0 Å². The van der Waals surface area contributed by atoms with Gasteiger partial charge in [0.15, 0.2) is 0 Å². The lowest BCUT2D eigenvalue weighted by Gasteiger charge is -2.25. The summed E-state index contributed by atoms with van der Waals surface area (Å²) in [6.07, 6.45) is -0.188. The first kappa shape index (κ1) is 11.9. The second-order valence-electron chi connectivity index (χ2n) is 3.96. The number of nitrogens with two attached hydrogens (primary N) is 1. The van der Waals surface area contributed by atoms with Crippen LogP contribution in [0.25, 0.3) is 0 Å². The molecule has 0 fully saturated rings. The topological polar surface area (TPSA) is 92.4 Å². The highest BCUT2D eigenvalue weighted by Crippen LogP contribution is 2.03. The van der Waals surface area contributed by atoms with Crippen molar-refractivity contribution in [3.05, 3.63) is 0 Å². The summed E-state index contributed by atoms with van der Waals surface area (Å²) in [5, 5.41) is 11.5. The fraction of sp³-hybridized carbons (Fsp3) is 0.750. The number of carbonyl (C=O) groups is 2. The molecule has 0 aliphatic heterocycles. The van der Waals surface area contributed by atoms with E-state index < -0.39 is 17.9 Å². The highest BCUT2D eigenvalue weighted by atomic mass is 16.4. The Labute approximate surface area is 77.3 Å². The molecule has 0 aromatic heterocycles. The molecule has 1 unspecified atom stereocenters. The standard InChI is InChI=1S/C8H16N2O3/c1-8(2,3)10-5(7(12)13)4-6(9)11/h5,10H,4H2,1-3H3,(H2,9,11)(H,12,13). The molecule has 5 nitrogen and oxygen atoms in total. The number of aliphatic carboxylic acids is 1. The molecule has 76 valence electrons. The molecule has 0 aliphatic rings. The lowest BCUT2D eigenvalue weighted by Crippen LogP contribution is -2.49. The van der Waals surface area contributed by atoms with Gasteiger partial charge < -0.3 is 10.8 Å². The number of hydrogen-bond donors (Lipinski definition) is 3. The minimum absolute atomic E-state index is 0.188. The minimum Gasteiger partial charge on any atom is -0.480 e. The second kappa shape index (κ2) is 4.23. The van der Waals surface area contributed by atoms with Crippen LogP contribution < -0.4 is 11.1 Å². The largest absolute Gasteiger partial charge is 0.480 e. The Morgan fingerprint density at radius 3 is 2.15 bits per heavy atom. The minimum atomic E-state index is -1.06. The van der Waals surface area contributed by atoms with Gasteiger partial charge in [0.25, 0.3) is 0 Å². The van der Waals surface area contributed by atoms with E-state index in [2.05, 4.69) is 5.32 Å².